The van der Waals surface area contributed by atoms with Crippen LogP contribution in [0.4, 0.5) is 4.39 Å². The predicted molar refractivity (Wildman–Crippen MR) is 157 cm³/mol. The summed E-state index contributed by atoms with van der Waals surface area (Å²) in [5, 5.41) is 0.650. The molecule has 0 saturated heterocycles. The number of amides is 1. The molecule has 4 aromatic rings. The molecule has 1 saturated carbocycles. The molecular weight excluding hydrogens is 509 g/mol. The van der Waals surface area contributed by atoms with Crippen molar-refractivity contribution >= 4 is 17.5 Å². The fraction of sp³-hybridized carbons (Fsp3) is 0.265. The number of hydrogen-bond acceptors (Lipinski definition) is 2. The largest absolute Gasteiger partial charge is 0.489 e. The van der Waals surface area contributed by atoms with Gasteiger partial charge in [-0.05, 0) is 83.0 Å². The summed E-state index contributed by atoms with van der Waals surface area (Å²) >= 11 is 6.10. The molecule has 0 radical (unpaired) electrons. The fourth-order valence-electron chi connectivity index (χ4n) is 5.49. The summed E-state index contributed by atoms with van der Waals surface area (Å²) in [6.45, 7) is 0.184. The van der Waals surface area contributed by atoms with Crippen LogP contribution in [0.5, 0.6) is 5.75 Å². The second kappa shape index (κ2) is 12.0. The summed E-state index contributed by atoms with van der Waals surface area (Å²) in [5.74, 6) is 0.530. The van der Waals surface area contributed by atoms with Gasteiger partial charge in [-0.15, -0.1) is 0 Å². The van der Waals surface area contributed by atoms with Crippen LogP contribution in [0.15, 0.2) is 84.9 Å². The highest BCUT2D eigenvalue weighted by Crippen LogP contribution is 2.39. The Morgan fingerprint density at radius 3 is 2.31 bits per heavy atom. The third-order valence-electron chi connectivity index (χ3n) is 7.54. The van der Waals surface area contributed by atoms with Crippen LogP contribution in [-0.2, 0) is 6.61 Å². The van der Waals surface area contributed by atoms with Gasteiger partial charge in [0.1, 0.15) is 18.2 Å². The molecule has 200 valence electrons. The van der Waals surface area contributed by atoms with E-state index in [1.54, 1.807) is 19.0 Å². The van der Waals surface area contributed by atoms with Gasteiger partial charge in [0.05, 0.1) is 0 Å². The molecule has 0 unspecified atom stereocenters. The monoisotopic (exact) mass is 541 g/mol. The molecule has 1 amide bonds. The summed E-state index contributed by atoms with van der Waals surface area (Å²) in [4.78, 5) is 14.2. The van der Waals surface area contributed by atoms with Crippen molar-refractivity contribution in [2.45, 2.75) is 44.6 Å². The van der Waals surface area contributed by atoms with E-state index in [0.717, 1.165) is 35.1 Å². The first-order chi connectivity index (χ1) is 18.9. The van der Waals surface area contributed by atoms with Crippen molar-refractivity contribution in [3.8, 4) is 28.0 Å². The zero-order valence-electron chi connectivity index (χ0n) is 22.4. The molecule has 1 fully saturated rings. The van der Waals surface area contributed by atoms with Gasteiger partial charge in [0.2, 0.25) is 0 Å². The second-order valence-corrected chi connectivity index (χ2v) is 10.9. The second-order valence-electron chi connectivity index (χ2n) is 10.4. The van der Waals surface area contributed by atoms with Crippen molar-refractivity contribution in [3.05, 3.63) is 112 Å². The Hall–Kier alpha value is -3.63. The molecule has 39 heavy (non-hydrogen) atoms. The fourth-order valence-corrected chi connectivity index (χ4v) is 5.62. The van der Waals surface area contributed by atoms with Crippen molar-refractivity contribution in [3.63, 3.8) is 0 Å². The number of carbonyl (C=O) groups is 1. The van der Waals surface area contributed by atoms with E-state index < -0.39 is 0 Å². The van der Waals surface area contributed by atoms with Gasteiger partial charge in [0.25, 0.3) is 5.91 Å². The molecular formula is C34H33ClFNO2. The molecule has 1 aliphatic carbocycles. The number of nitrogens with zero attached hydrogens (tertiary/aromatic N) is 1. The van der Waals surface area contributed by atoms with Gasteiger partial charge < -0.3 is 9.64 Å². The maximum Gasteiger partial charge on any atom is 0.253 e. The van der Waals surface area contributed by atoms with Crippen molar-refractivity contribution < 1.29 is 13.9 Å². The topological polar surface area (TPSA) is 29.5 Å². The van der Waals surface area contributed by atoms with E-state index in [2.05, 4.69) is 12.1 Å². The smallest absolute Gasteiger partial charge is 0.253 e. The third kappa shape index (κ3) is 6.17. The first kappa shape index (κ1) is 27.0. The Kier molecular flexibility index (Phi) is 8.33. The van der Waals surface area contributed by atoms with Crippen LogP contribution in [0.1, 0.15) is 59.5 Å². The SMILES string of the molecule is CN(C)C(=O)c1ccc(-c2ccc(Cl)cc2)c(COc2ccc(-c3ccccc3C3CCCCC3)c(F)c2)c1. The van der Waals surface area contributed by atoms with Crippen LogP contribution in [0.3, 0.4) is 0 Å². The molecule has 0 N–H and O–H groups in total. The lowest BCUT2D eigenvalue weighted by Crippen LogP contribution is -2.21. The average molecular weight is 542 g/mol. The van der Waals surface area contributed by atoms with Gasteiger partial charge in [0, 0.05) is 36.3 Å². The lowest BCUT2D eigenvalue weighted by atomic mass is 9.81. The molecule has 5 heteroatoms. The molecule has 0 heterocycles. The van der Waals surface area contributed by atoms with Gasteiger partial charge in [-0.25, -0.2) is 4.39 Å². The summed E-state index contributed by atoms with van der Waals surface area (Å²) in [5.41, 5.74) is 6.09. The molecule has 0 aliphatic heterocycles. The van der Waals surface area contributed by atoms with Crippen LogP contribution < -0.4 is 4.74 Å². The molecule has 0 bridgehead atoms. The Labute approximate surface area is 235 Å². The highest BCUT2D eigenvalue weighted by atomic mass is 35.5. The van der Waals surface area contributed by atoms with Gasteiger partial charge >= 0.3 is 0 Å². The molecule has 1 aliphatic rings. The van der Waals surface area contributed by atoms with Crippen LogP contribution in [0, 0.1) is 5.82 Å². The van der Waals surface area contributed by atoms with Gasteiger partial charge in [-0.1, -0.05) is 73.3 Å². The predicted octanol–water partition coefficient (Wildman–Crippen LogP) is 9.14. The average Bonchev–Trinajstić information content (AvgIpc) is 2.96. The maximum absolute atomic E-state index is 15.5. The standard InChI is InChI=1S/C34H33ClFNO2/c1-37(2)34(38)25-14-18-29(24-12-15-27(35)16-13-24)26(20-25)22-39-28-17-19-32(33(36)21-28)31-11-7-6-10-30(31)23-8-4-3-5-9-23/h6-7,10-21,23H,3-5,8-9,22H2,1-2H3. The normalized spacial score (nSPS) is 13.7. The van der Waals surface area contributed by atoms with Crippen molar-refractivity contribution in [2.75, 3.05) is 14.1 Å². The lowest BCUT2D eigenvalue weighted by Gasteiger charge is -2.24. The summed E-state index contributed by atoms with van der Waals surface area (Å²) in [6, 6.07) is 26.4. The van der Waals surface area contributed by atoms with E-state index >= 15 is 4.39 Å². The first-order valence-corrected chi connectivity index (χ1v) is 13.9. The number of halogens is 2. The van der Waals surface area contributed by atoms with Crippen molar-refractivity contribution in [1.29, 1.82) is 0 Å². The Morgan fingerprint density at radius 1 is 0.872 bits per heavy atom. The highest BCUT2D eigenvalue weighted by Gasteiger charge is 2.20. The van der Waals surface area contributed by atoms with E-state index in [1.807, 2.05) is 66.7 Å². The number of hydrogen-bond donors (Lipinski definition) is 0. The van der Waals surface area contributed by atoms with E-state index in [-0.39, 0.29) is 18.3 Å². The van der Waals surface area contributed by atoms with E-state index in [4.69, 9.17) is 16.3 Å². The summed E-state index contributed by atoms with van der Waals surface area (Å²) in [7, 11) is 3.45. The zero-order chi connectivity index (χ0) is 27.4. The minimum absolute atomic E-state index is 0.0917. The quantitative estimate of drug-likeness (QED) is 0.233. The molecule has 3 nitrogen and oxygen atoms in total. The van der Waals surface area contributed by atoms with Crippen LogP contribution >= 0.6 is 11.6 Å². The number of rotatable bonds is 7. The van der Waals surface area contributed by atoms with Crippen LogP contribution in [-0.4, -0.2) is 24.9 Å². The van der Waals surface area contributed by atoms with Crippen LogP contribution in [0.25, 0.3) is 22.3 Å². The Balaban J connectivity index is 1.41. The highest BCUT2D eigenvalue weighted by molar-refractivity contribution is 6.30. The van der Waals surface area contributed by atoms with E-state index in [1.165, 1.54) is 30.9 Å². The number of ether oxygens (including phenoxy) is 1. The van der Waals surface area contributed by atoms with Crippen molar-refractivity contribution in [2.24, 2.45) is 0 Å². The molecule has 0 spiro atoms. The summed E-state index contributed by atoms with van der Waals surface area (Å²) in [6.07, 6.45) is 6.06. The van der Waals surface area contributed by atoms with Gasteiger partial charge in [-0.2, -0.15) is 0 Å². The minimum atomic E-state index is -0.301. The molecule has 5 rings (SSSR count). The van der Waals surface area contributed by atoms with E-state index in [9.17, 15) is 4.79 Å². The zero-order valence-corrected chi connectivity index (χ0v) is 23.2. The Bertz CT molecular complexity index is 1460. The number of carbonyl (C=O) groups excluding carboxylic acids is 1. The number of benzene rings is 4. The van der Waals surface area contributed by atoms with Crippen LogP contribution in [0.2, 0.25) is 5.02 Å². The van der Waals surface area contributed by atoms with Gasteiger partial charge in [0.15, 0.2) is 0 Å². The maximum atomic E-state index is 15.5. The molecule has 0 atom stereocenters. The summed E-state index contributed by atoms with van der Waals surface area (Å²) < 4.78 is 21.6. The van der Waals surface area contributed by atoms with E-state index in [0.29, 0.717) is 27.8 Å². The van der Waals surface area contributed by atoms with Gasteiger partial charge in [-0.3, -0.25) is 4.79 Å². The third-order valence-corrected chi connectivity index (χ3v) is 7.80. The molecule has 4 aromatic carbocycles. The minimum Gasteiger partial charge on any atom is -0.489 e. The molecule has 0 aromatic heterocycles. The Morgan fingerprint density at radius 2 is 1.59 bits per heavy atom. The van der Waals surface area contributed by atoms with Crippen molar-refractivity contribution in [1.82, 2.24) is 4.90 Å². The lowest BCUT2D eigenvalue weighted by molar-refractivity contribution is 0.0827. The first-order valence-electron chi connectivity index (χ1n) is 13.5.